The number of aromatic carboxylic acids is 3. The Hall–Kier alpha value is -4.85. The average molecular weight is 716 g/mol. The van der Waals surface area contributed by atoms with Gasteiger partial charge in [-0.3, -0.25) is 0 Å². The molecule has 0 aliphatic heterocycles. The first-order valence-corrected chi connectivity index (χ1v) is 8.95. The number of hydrogen-bond acceptors (Lipinski definition) is 12. The monoisotopic (exact) mass is 716 g/mol. The van der Waals surface area contributed by atoms with Gasteiger partial charge in [0.05, 0.1) is 16.7 Å². The molecule has 0 heterocycles. The van der Waals surface area contributed by atoms with Crippen molar-refractivity contribution in [2.45, 2.75) is 0 Å². The normalized spacial score (nSPS) is 9.41. The predicted molar refractivity (Wildman–Crippen MR) is 114 cm³/mol. The number of carbonyl (C=O) groups is 3. The molecule has 0 aliphatic carbocycles. The van der Waals surface area contributed by atoms with E-state index in [0.29, 0.717) is 0 Å². The fraction of sp³-hybridized carbons (Fsp3) is 0. The van der Waals surface area contributed by atoms with Crippen LogP contribution in [-0.2, 0) is 0 Å². The molecule has 0 saturated heterocycles. The van der Waals surface area contributed by atoms with Gasteiger partial charge in [-0.15, -0.1) is 0 Å². The third-order valence-electron chi connectivity index (χ3n) is 3.89. The van der Waals surface area contributed by atoms with E-state index < -0.39 is 69.7 Å². The molecule has 15 nitrogen and oxygen atoms in total. The smallest absolute Gasteiger partial charge is 0.867 e. The zero-order chi connectivity index (χ0) is 27.9. The van der Waals surface area contributed by atoms with E-state index in [1.165, 1.54) is 0 Å². The summed E-state index contributed by atoms with van der Waals surface area (Å²) in [6.07, 6.45) is 0. The van der Waals surface area contributed by atoms with Crippen molar-refractivity contribution >= 4 is 44.1 Å². The molecule has 0 aromatic heterocycles. The molecule has 0 fully saturated rings. The Morgan fingerprint density at radius 1 is 0.432 bits per heavy atom. The molecule has 0 spiro atoms. The van der Waals surface area contributed by atoms with Crippen LogP contribution in [0.15, 0.2) is 36.4 Å². The zero-order valence-corrected chi connectivity index (χ0v) is 21.4. The third-order valence-corrected chi connectivity index (χ3v) is 3.89. The van der Waals surface area contributed by atoms with Gasteiger partial charge >= 0.3 is 44.1 Å². The standard InChI is InChI=1S/3C7H6O5.Bi/c3*8-4-1-3(7(11)12)2-5(9)6(4)10;/h3*1-2,8-10H,(H,11,12);/q;;;+3/p-3. The van der Waals surface area contributed by atoms with Crippen molar-refractivity contribution in [3.05, 3.63) is 53.1 Å². The number of phenols is 6. The van der Waals surface area contributed by atoms with Crippen LogP contribution in [0.4, 0.5) is 0 Å². The summed E-state index contributed by atoms with van der Waals surface area (Å²) in [6.45, 7) is 0. The predicted octanol–water partition coefficient (Wildman–Crippen LogP) is -0.772. The van der Waals surface area contributed by atoms with Crippen LogP contribution >= 0.6 is 0 Å². The van der Waals surface area contributed by atoms with Gasteiger partial charge in [-0.2, -0.15) is 0 Å². The second-order valence-electron chi connectivity index (χ2n) is 6.45. The molecule has 2 radical (unpaired) electrons. The molecule has 0 unspecified atom stereocenters. The minimum absolute atomic E-state index is 0. The van der Waals surface area contributed by atoms with E-state index in [1.807, 2.05) is 0 Å². The van der Waals surface area contributed by atoms with Gasteiger partial charge in [0.25, 0.3) is 0 Å². The quantitative estimate of drug-likeness (QED) is 0.150. The molecule has 0 atom stereocenters. The number of benzene rings is 3. The van der Waals surface area contributed by atoms with E-state index in [0.717, 1.165) is 36.4 Å². The third kappa shape index (κ3) is 8.70. The first-order chi connectivity index (χ1) is 16.6. The van der Waals surface area contributed by atoms with Crippen molar-refractivity contribution in [2.75, 3.05) is 0 Å². The molecule has 0 aliphatic rings. The topological polar surface area (TPSA) is 302 Å². The summed E-state index contributed by atoms with van der Waals surface area (Å²) in [5.74, 6) is -11.5. The van der Waals surface area contributed by atoms with E-state index in [-0.39, 0.29) is 42.9 Å². The van der Waals surface area contributed by atoms with E-state index in [1.54, 1.807) is 0 Å². The minimum Gasteiger partial charge on any atom is -0.867 e. The molecule has 3 rings (SSSR count). The van der Waals surface area contributed by atoms with E-state index in [4.69, 9.17) is 46.0 Å². The Balaban J connectivity index is 0.000000518. The first kappa shape index (κ1) is 32.2. The Labute approximate surface area is 224 Å². The fourth-order valence-electron chi connectivity index (χ4n) is 2.17. The SMILES string of the molecule is O=C(O)c1cc(O)c([O-])c(O)c1.O=C(O)c1cc(O)c([O-])c(O)c1.O=C(O)c1cc(O)c([O-])c(O)c1.[Bi+3]. The summed E-state index contributed by atoms with van der Waals surface area (Å²) >= 11 is 0. The average Bonchev–Trinajstić information content (AvgIpc) is 2.79. The molecule has 3 aromatic rings. The van der Waals surface area contributed by atoms with Gasteiger partial charge in [-0.1, -0.05) is 0 Å². The van der Waals surface area contributed by atoms with Gasteiger partial charge in [0.2, 0.25) is 0 Å². The van der Waals surface area contributed by atoms with Crippen molar-refractivity contribution < 1.29 is 75.7 Å². The van der Waals surface area contributed by atoms with Crippen LogP contribution in [0.3, 0.4) is 0 Å². The molecular weight excluding hydrogens is 701 g/mol. The number of hydrogen-bond donors (Lipinski definition) is 9. The van der Waals surface area contributed by atoms with Crippen LogP contribution in [0.5, 0.6) is 51.7 Å². The van der Waals surface area contributed by atoms with Gasteiger partial charge in [0.15, 0.2) is 0 Å². The van der Waals surface area contributed by atoms with Crippen LogP contribution in [0.1, 0.15) is 31.1 Å². The van der Waals surface area contributed by atoms with E-state index >= 15 is 0 Å². The van der Waals surface area contributed by atoms with Crippen LogP contribution in [0.25, 0.3) is 0 Å². The Kier molecular flexibility index (Phi) is 11.6. The zero-order valence-electron chi connectivity index (χ0n) is 17.9. The summed E-state index contributed by atoms with van der Waals surface area (Å²) in [4.78, 5) is 30.9. The maximum Gasteiger partial charge on any atom is 3.00 e. The number of rotatable bonds is 3. The van der Waals surface area contributed by atoms with Crippen LogP contribution < -0.4 is 15.3 Å². The molecule has 3 aromatic carbocycles. The number of phenolic OH excluding ortho intramolecular Hbond substituents is 6. The van der Waals surface area contributed by atoms with Crippen molar-refractivity contribution in [1.82, 2.24) is 0 Å². The summed E-state index contributed by atoms with van der Waals surface area (Å²) in [7, 11) is 0. The molecule has 0 amide bonds. The van der Waals surface area contributed by atoms with Gasteiger partial charge in [-0.25, -0.2) is 14.4 Å². The summed E-state index contributed by atoms with van der Waals surface area (Å²) in [6, 6.07) is 4.69. The maximum absolute atomic E-state index is 10.7. The molecular formula is C21H15BiO15. The van der Waals surface area contributed by atoms with Crippen LogP contribution in [0.2, 0.25) is 0 Å². The second-order valence-corrected chi connectivity index (χ2v) is 6.45. The van der Waals surface area contributed by atoms with Gasteiger partial charge < -0.3 is 61.3 Å². The number of carboxylic acid groups (broad SMARTS) is 3. The fourth-order valence-corrected chi connectivity index (χ4v) is 2.17. The summed E-state index contributed by atoms with van der Waals surface area (Å²) in [5, 5.41) is 110. The number of aromatic hydroxyl groups is 6. The molecule has 37 heavy (non-hydrogen) atoms. The molecule has 9 N–H and O–H groups in total. The largest absolute Gasteiger partial charge is 3.00 e. The molecule has 0 saturated carbocycles. The Morgan fingerprint density at radius 3 is 0.676 bits per heavy atom. The van der Waals surface area contributed by atoms with E-state index in [9.17, 15) is 29.7 Å². The molecule has 16 heteroatoms. The van der Waals surface area contributed by atoms with Crippen molar-refractivity contribution in [3.8, 4) is 51.7 Å². The maximum atomic E-state index is 10.7. The molecule has 0 bridgehead atoms. The summed E-state index contributed by atoms with van der Waals surface area (Å²) < 4.78 is 0. The first-order valence-electron chi connectivity index (χ1n) is 8.95. The molecule has 194 valence electrons. The Bertz CT molecular complexity index is 1090. The van der Waals surface area contributed by atoms with Crippen molar-refractivity contribution in [3.63, 3.8) is 0 Å². The Morgan fingerprint density at radius 2 is 0.568 bits per heavy atom. The van der Waals surface area contributed by atoms with Crippen LogP contribution in [-0.4, -0.2) is 90.1 Å². The second kappa shape index (κ2) is 13.3. The number of carboxylic acids is 3. The van der Waals surface area contributed by atoms with Gasteiger partial charge in [0.1, 0.15) is 34.5 Å². The minimum atomic E-state index is -1.32. The van der Waals surface area contributed by atoms with Crippen molar-refractivity contribution in [2.24, 2.45) is 0 Å². The summed E-state index contributed by atoms with van der Waals surface area (Å²) in [5.41, 5.74) is -0.987. The van der Waals surface area contributed by atoms with E-state index in [2.05, 4.69) is 0 Å². The van der Waals surface area contributed by atoms with Gasteiger partial charge in [0, 0.05) is 0 Å². The van der Waals surface area contributed by atoms with Crippen molar-refractivity contribution in [1.29, 1.82) is 0 Å². The van der Waals surface area contributed by atoms with Gasteiger partial charge in [-0.05, 0) is 53.6 Å². The van der Waals surface area contributed by atoms with Crippen LogP contribution in [0, 0.1) is 0 Å².